The van der Waals surface area contributed by atoms with Gasteiger partial charge in [-0.1, -0.05) is 24.3 Å². The fourth-order valence-corrected chi connectivity index (χ4v) is 4.22. The summed E-state index contributed by atoms with van der Waals surface area (Å²) in [5.41, 5.74) is 3.72. The maximum atomic E-state index is 12.2. The lowest BCUT2D eigenvalue weighted by Gasteiger charge is -2.35. The summed E-state index contributed by atoms with van der Waals surface area (Å²) in [5, 5.41) is 7.23. The average molecular weight is 373 g/mol. The van der Waals surface area contributed by atoms with Gasteiger partial charge in [0.2, 0.25) is 5.91 Å². The highest BCUT2D eigenvalue weighted by Gasteiger charge is 2.22. The molecule has 0 aliphatic carbocycles. The molecule has 1 fully saturated rings. The summed E-state index contributed by atoms with van der Waals surface area (Å²) >= 11 is 1.67. The number of thiophene rings is 1. The van der Waals surface area contributed by atoms with E-state index in [0.717, 1.165) is 26.1 Å². The Balaban J connectivity index is 1.52. The van der Waals surface area contributed by atoms with Gasteiger partial charge in [-0.25, -0.2) is 0 Å². The van der Waals surface area contributed by atoms with Gasteiger partial charge in [0.05, 0.1) is 12.2 Å². The molecule has 1 aromatic carbocycles. The lowest BCUT2D eigenvalue weighted by Crippen LogP contribution is -2.45. The van der Waals surface area contributed by atoms with Gasteiger partial charge >= 0.3 is 0 Å². The van der Waals surface area contributed by atoms with E-state index >= 15 is 0 Å². The number of nitrogens with one attached hydrogen (secondary N) is 1. The van der Waals surface area contributed by atoms with Gasteiger partial charge in [-0.3, -0.25) is 9.69 Å². The highest BCUT2D eigenvalue weighted by molar-refractivity contribution is 7.07. The molecule has 5 heteroatoms. The number of benzene rings is 1. The Hall–Kier alpha value is -1.69. The molecular formula is C21H28N2O2S. The van der Waals surface area contributed by atoms with Crippen molar-refractivity contribution in [3.63, 3.8) is 0 Å². The van der Waals surface area contributed by atoms with Crippen molar-refractivity contribution in [2.24, 2.45) is 0 Å². The van der Waals surface area contributed by atoms with Crippen LogP contribution in [0.1, 0.15) is 37.0 Å². The van der Waals surface area contributed by atoms with Crippen LogP contribution in [0.15, 0.2) is 41.1 Å². The highest BCUT2D eigenvalue weighted by atomic mass is 32.1. The normalized spacial score (nSPS) is 20.8. The van der Waals surface area contributed by atoms with Crippen LogP contribution in [-0.2, 0) is 29.0 Å². The third-order valence-electron chi connectivity index (χ3n) is 4.70. The van der Waals surface area contributed by atoms with Crippen LogP contribution in [0.5, 0.6) is 0 Å². The quantitative estimate of drug-likeness (QED) is 0.807. The molecule has 26 heavy (non-hydrogen) atoms. The molecule has 4 nitrogen and oxygen atoms in total. The first-order valence-corrected chi connectivity index (χ1v) is 10.3. The topological polar surface area (TPSA) is 41.6 Å². The molecule has 0 bridgehead atoms. The van der Waals surface area contributed by atoms with E-state index in [9.17, 15) is 4.79 Å². The number of amides is 1. The Kier molecular flexibility index (Phi) is 6.83. The first-order valence-electron chi connectivity index (χ1n) is 9.32. The molecule has 2 atom stereocenters. The fraction of sp³-hybridized carbons (Fsp3) is 0.476. The minimum atomic E-state index is 0.111. The number of hydrogen-bond acceptors (Lipinski definition) is 4. The van der Waals surface area contributed by atoms with E-state index in [1.165, 1.54) is 16.7 Å². The SMILES string of the molecule is C[C@@H]1CN(Cc2ccccc2CNC(=O)CCc2ccsc2)C[C@H](C)O1. The molecule has 2 heterocycles. The monoisotopic (exact) mass is 372 g/mol. The molecule has 1 N–H and O–H groups in total. The Morgan fingerprint density at radius 2 is 1.92 bits per heavy atom. The molecule has 1 aliphatic rings. The number of morpholine rings is 1. The summed E-state index contributed by atoms with van der Waals surface area (Å²) in [4.78, 5) is 14.6. The van der Waals surface area contributed by atoms with Crippen molar-refractivity contribution >= 4 is 17.2 Å². The summed E-state index contributed by atoms with van der Waals surface area (Å²) in [6.45, 7) is 7.65. The number of rotatable bonds is 7. The molecule has 3 rings (SSSR count). The third kappa shape index (κ3) is 5.66. The predicted molar refractivity (Wildman–Crippen MR) is 106 cm³/mol. The van der Waals surface area contributed by atoms with Gasteiger partial charge in [0.1, 0.15) is 0 Å². The van der Waals surface area contributed by atoms with Gasteiger partial charge in [0, 0.05) is 32.6 Å². The molecule has 1 amide bonds. The van der Waals surface area contributed by atoms with Crippen molar-refractivity contribution in [2.45, 2.75) is 52.0 Å². The first kappa shape index (κ1) is 19.1. The molecule has 2 aromatic rings. The fourth-order valence-electron chi connectivity index (χ4n) is 3.51. The van der Waals surface area contributed by atoms with E-state index in [2.05, 4.69) is 59.1 Å². The van der Waals surface area contributed by atoms with Gasteiger partial charge < -0.3 is 10.1 Å². The van der Waals surface area contributed by atoms with Crippen molar-refractivity contribution in [3.8, 4) is 0 Å². The van der Waals surface area contributed by atoms with Gasteiger partial charge in [-0.2, -0.15) is 11.3 Å². The zero-order valence-corrected chi connectivity index (χ0v) is 16.4. The number of hydrogen-bond donors (Lipinski definition) is 1. The van der Waals surface area contributed by atoms with E-state index in [0.29, 0.717) is 13.0 Å². The number of carbonyl (C=O) groups is 1. The second-order valence-electron chi connectivity index (χ2n) is 7.13. The summed E-state index contributed by atoms with van der Waals surface area (Å²) in [6.07, 6.45) is 1.88. The average Bonchev–Trinajstić information content (AvgIpc) is 3.12. The summed E-state index contributed by atoms with van der Waals surface area (Å²) < 4.78 is 5.82. The zero-order valence-electron chi connectivity index (χ0n) is 15.6. The summed E-state index contributed by atoms with van der Waals surface area (Å²) in [6, 6.07) is 10.5. The lowest BCUT2D eigenvalue weighted by molar-refractivity contribution is -0.121. The van der Waals surface area contributed by atoms with Crippen LogP contribution in [0.2, 0.25) is 0 Å². The number of ether oxygens (including phenoxy) is 1. The second kappa shape index (κ2) is 9.31. The molecule has 1 aliphatic heterocycles. The molecule has 0 spiro atoms. The third-order valence-corrected chi connectivity index (χ3v) is 5.44. The van der Waals surface area contributed by atoms with Gasteiger partial charge in [-0.15, -0.1) is 0 Å². The van der Waals surface area contributed by atoms with Gasteiger partial charge in [0.25, 0.3) is 0 Å². The number of aryl methyl sites for hydroxylation is 1. The van der Waals surface area contributed by atoms with Crippen LogP contribution in [0.3, 0.4) is 0 Å². The van der Waals surface area contributed by atoms with Crippen LogP contribution in [0.25, 0.3) is 0 Å². The van der Waals surface area contributed by atoms with Crippen LogP contribution < -0.4 is 5.32 Å². The summed E-state index contributed by atoms with van der Waals surface area (Å²) in [7, 11) is 0. The Morgan fingerprint density at radius 3 is 2.62 bits per heavy atom. The van der Waals surface area contributed by atoms with E-state index < -0.39 is 0 Å². The smallest absolute Gasteiger partial charge is 0.220 e. The maximum absolute atomic E-state index is 12.2. The largest absolute Gasteiger partial charge is 0.373 e. The highest BCUT2D eigenvalue weighted by Crippen LogP contribution is 2.17. The molecular weight excluding hydrogens is 344 g/mol. The minimum absolute atomic E-state index is 0.111. The Morgan fingerprint density at radius 1 is 1.19 bits per heavy atom. The van der Waals surface area contributed by atoms with Crippen LogP contribution in [0.4, 0.5) is 0 Å². The van der Waals surface area contributed by atoms with Crippen molar-refractivity contribution in [1.82, 2.24) is 10.2 Å². The van der Waals surface area contributed by atoms with Crippen LogP contribution in [-0.4, -0.2) is 36.1 Å². The van der Waals surface area contributed by atoms with Crippen molar-refractivity contribution in [3.05, 3.63) is 57.8 Å². The van der Waals surface area contributed by atoms with E-state index in [1.54, 1.807) is 11.3 Å². The second-order valence-corrected chi connectivity index (χ2v) is 7.91. The molecule has 0 radical (unpaired) electrons. The van der Waals surface area contributed by atoms with E-state index in [-0.39, 0.29) is 18.1 Å². The zero-order chi connectivity index (χ0) is 18.4. The van der Waals surface area contributed by atoms with E-state index in [1.807, 2.05) is 6.07 Å². The Bertz CT molecular complexity index is 692. The Labute approximate surface area is 160 Å². The first-order chi connectivity index (χ1) is 12.6. The molecule has 140 valence electrons. The summed E-state index contributed by atoms with van der Waals surface area (Å²) in [5.74, 6) is 0.111. The molecule has 1 saturated heterocycles. The minimum Gasteiger partial charge on any atom is -0.373 e. The maximum Gasteiger partial charge on any atom is 0.220 e. The lowest BCUT2D eigenvalue weighted by atomic mass is 10.1. The molecule has 1 aromatic heterocycles. The van der Waals surface area contributed by atoms with Crippen molar-refractivity contribution in [2.75, 3.05) is 13.1 Å². The predicted octanol–water partition coefficient (Wildman–Crippen LogP) is 3.61. The van der Waals surface area contributed by atoms with Gasteiger partial charge in [-0.05, 0) is 53.8 Å². The molecule has 0 unspecified atom stereocenters. The van der Waals surface area contributed by atoms with Crippen molar-refractivity contribution < 1.29 is 9.53 Å². The standard InChI is InChI=1S/C21H28N2O2S/c1-16-12-23(13-17(2)25-16)14-20-6-4-3-5-19(20)11-22-21(24)8-7-18-9-10-26-15-18/h3-6,9-10,15-17H,7-8,11-14H2,1-2H3,(H,22,24)/t16-,17+. The number of nitrogens with zero attached hydrogens (tertiary/aromatic N) is 1. The van der Waals surface area contributed by atoms with Gasteiger partial charge in [0.15, 0.2) is 0 Å². The molecule has 0 saturated carbocycles. The number of carbonyl (C=O) groups excluding carboxylic acids is 1. The van der Waals surface area contributed by atoms with Crippen LogP contribution in [0, 0.1) is 0 Å². The van der Waals surface area contributed by atoms with Crippen molar-refractivity contribution in [1.29, 1.82) is 0 Å². The van der Waals surface area contributed by atoms with Crippen LogP contribution >= 0.6 is 11.3 Å². The van der Waals surface area contributed by atoms with E-state index in [4.69, 9.17) is 4.74 Å².